The van der Waals surface area contributed by atoms with Crippen molar-refractivity contribution >= 4 is 50.7 Å². The number of amides is 3. The first kappa shape index (κ1) is 20.1. The summed E-state index contributed by atoms with van der Waals surface area (Å²) in [6, 6.07) is 3.27. The number of furan rings is 1. The molecule has 0 aliphatic carbocycles. The molecule has 0 aromatic carbocycles. The molecule has 4 rings (SSSR count). The minimum absolute atomic E-state index is 0.0161. The SMILES string of the molecule is CCOC(=O)c1c(-c2ccco2)csc1NC(=O)Cc1csc(N2CCNC2=O)n1. The van der Waals surface area contributed by atoms with Crippen LogP contribution in [0.1, 0.15) is 23.0 Å². The highest BCUT2D eigenvalue weighted by atomic mass is 32.1. The Bertz CT molecular complexity index is 1070. The molecule has 2 N–H and O–H groups in total. The van der Waals surface area contributed by atoms with Crippen molar-refractivity contribution in [3.8, 4) is 11.3 Å². The van der Waals surface area contributed by atoms with Gasteiger partial charge in [-0.3, -0.25) is 9.69 Å². The standard InChI is InChI=1S/C19H18N4O5S2/c1-2-27-17(25)15-12(13-4-3-7-28-13)10-29-16(15)22-14(24)8-11-9-30-19(21-11)23-6-5-20-18(23)26/h3-4,7,9-10H,2,5-6,8H2,1H3,(H,20,26)(H,22,24). The first-order chi connectivity index (χ1) is 14.6. The van der Waals surface area contributed by atoms with E-state index in [-0.39, 0.29) is 30.5 Å². The van der Waals surface area contributed by atoms with Gasteiger partial charge in [-0.15, -0.1) is 22.7 Å². The second-order valence-corrected chi connectivity index (χ2v) is 8.00. The number of aromatic nitrogens is 1. The third-order valence-corrected chi connectivity index (χ3v) is 6.09. The molecule has 4 heterocycles. The van der Waals surface area contributed by atoms with Crippen LogP contribution in [0.25, 0.3) is 11.3 Å². The van der Waals surface area contributed by atoms with Gasteiger partial charge in [0.25, 0.3) is 0 Å². The highest BCUT2D eigenvalue weighted by Crippen LogP contribution is 2.36. The molecule has 0 saturated carbocycles. The minimum atomic E-state index is -0.531. The van der Waals surface area contributed by atoms with Gasteiger partial charge >= 0.3 is 12.0 Å². The van der Waals surface area contributed by atoms with Crippen molar-refractivity contribution in [2.75, 3.05) is 29.9 Å². The molecular formula is C19H18N4O5S2. The van der Waals surface area contributed by atoms with Gasteiger partial charge in [-0.1, -0.05) is 0 Å². The summed E-state index contributed by atoms with van der Waals surface area (Å²) in [5.74, 6) is -0.338. The molecule has 1 aliphatic rings. The third kappa shape index (κ3) is 4.07. The number of nitrogens with zero attached hydrogens (tertiary/aromatic N) is 2. The zero-order valence-corrected chi connectivity index (χ0v) is 17.6. The topological polar surface area (TPSA) is 114 Å². The molecule has 0 bridgehead atoms. The summed E-state index contributed by atoms with van der Waals surface area (Å²) in [6.45, 7) is 3.05. The number of thiophene rings is 1. The van der Waals surface area contributed by atoms with Crippen LogP contribution < -0.4 is 15.5 Å². The Kier molecular flexibility index (Phi) is 5.81. The lowest BCUT2D eigenvalue weighted by molar-refractivity contribution is -0.115. The van der Waals surface area contributed by atoms with E-state index in [1.807, 2.05) is 0 Å². The zero-order valence-electron chi connectivity index (χ0n) is 16.0. The van der Waals surface area contributed by atoms with E-state index in [0.29, 0.717) is 40.2 Å². The molecule has 0 atom stereocenters. The predicted octanol–water partition coefficient (Wildman–Crippen LogP) is 3.35. The molecule has 3 aromatic rings. The van der Waals surface area contributed by atoms with E-state index in [2.05, 4.69) is 15.6 Å². The lowest BCUT2D eigenvalue weighted by atomic mass is 10.1. The molecule has 0 radical (unpaired) electrons. The quantitative estimate of drug-likeness (QED) is 0.538. The third-order valence-electron chi connectivity index (χ3n) is 4.28. The number of rotatable bonds is 7. The highest BCUT2D eigenvalue weighted by Gasteiger charge is 2.26. The molecule has 0 spiro atoms. The second kappa shape index (κ2) is 8.67. The molecule has 11 heteroatoms. The molecule has 30 heavy (non-hydrogen) atoms. The lowest BCUT2D eigenvalue weighted by Gasteiger charge is -2.09. The Morgan fingerprint density at radius 3 is 2.93 bits per heavy atom. The van der Waals surface area contributed by atoms with Crippen LogP contribution in [0, 0.1) is 0 Å². The number of hydrogen-bond acceptors (Lipinski definition) is 8. The fourth-order valence-corrected chi connectivity index (χ4v) is 4.76. The van der Waals surface area contributed by atoms with Crippen LogP contribution in [0.15, 0.2) is 33.6 Å². The lowest BCUT2D eigenvalue weighted by Crippen LogP contribution is -2.27. The van der Waals surface area contributed by atoms with Gasteiger partial charge in [0, 0.05) is 29.4 Å². The van der Waals surface area contributed by atoms with Crippen LogP contribution in [0.5, 0.6) is 0 Å². The minimum Gasteiger partial charge on any atom is -0.464 e. The van der Waals surface area contributed by atoms with Gasteiger partial charge in [-0.25, -0.2) is 14.6 Å². The molecule has 3 amide bonds. The van der Waals surface area contributed by atoms with Crippen molar-refractivity contribution in [2.24, 2.45) is 0 Å². The van der Waals surface area contributed by atoms with Crippen LogP contribution in [-0.4, -0.2) is 42.6 Å². The number of ether oxygens (including phenoxy) is 1. The van der Waals surface area contributed by atoms with Crippen LogP contribution in [0.3, 0.4) is 0 Å². The van der Waals surface area contributed by atoms with E-state index < -0.39 is 5.97 Å². The van der Waals surface area contributed by atoms with Crippen LogP contribution >= 0.6 is 22.7 Å². The molecule has 1 fully saturated rings. The predicted molar refractivity (Wildman–Crippen MR) is 113 cm³/mol. The van der Waals surface area contributed by atoms with E-state index in [9.17, 15) is 14.4 Å². The van der Waals surface area contributed by atoms with Gasteiger partial charge in [-0.05, 0) is 19.1 Å². The number of thiazole rings is 1. The van der Waals surface area contributed by atoms with Crippen LogP contribution in [0.2, 0.25) is 0 Å². The Hall–Kier alpha value is -3.18. The molecular weight excluding hydrogens is 428 g/mol. The maximum absolute atomic E-state index is 12.6. The number of nitrogens with one attached hydrogen (secondary N) is 2. The maximum Gasteiger partial charge on any atom is 0.341 e. The van der Waals surface area contributed by atoms with E-state index in [4.69, 9.17) is 9.15 Å². The number of carbonyl (C=O) groups is 3. The van der Waals surface area contributed by atoms with Crippen LogP contribution in [-0.2, 0) is 16.0 Å². The molecule has 3 aromatic heterocycles. The Morgan fingerprint density at radius 2 is 2.23 bits per heavy atom. The van der Waals surface area contributed by atoms with Gasteiger partial charge in [-0.2, -0.15) is 0 Å². The van der Waals surface area contributed by atoms with E-state index in [1.165, 1.54) is 28.9 Å². The molecule has 1 saturated heterocycles. The number of carbonyl (C=O) groups excluding carboxylic acids is 3. The summed E-state index contributed by atoms with van der Waals surface area (Å²) in [6.07, 6.45) is 1.53. The smallest absolute Gasteiger partial charge is 0.341 e. The summed E-state index contributed by atoms with van der Waals surface area (Å²) < 4.78 is 10.6. The summed E-state index contributed by atoms with van der Waals surface area (Å²) >= 11 is 2.53. The van der Waals surface area contributed by atoms with Gasteiger partial charge in [0.1, 0.15) is 16.3 Å². The number of urea groups is 1. The Morgan fingerprint density at radius 1 is 1.37 bits per heavy atom. The Balaban J connectivity index is 1.50. The fraction of sp³-hybridized carbons (Fsp3) is 0.263. The average molecular weight is 447 g/mol. The van der Waals surface area contributed by atoms with Crippen molar-refractivity contribution in [3.63, 3.8) is 0 Å². The monoisotopic (exact) mass is 446 g/mol. The van der Waals surface area contributed by atoms with Crippen molar-refractivity contribution in [2.45, 2.75) is 13.3 Å². The normalized spacial score (nSPS) is 13.4. The fourth-order valence-electron chi connectivity index (χ4n) is 2.96. The van der Waals surface area contributed by atoms with Gasteiger partial charge < -0.3 is 19.8 Å². The zero-order chi connectivity index (χ0) is 21.1. The summed E-state index contributed by atoms with van der Waals surface area (Å²) in [7, 11) is 0. The van der Waals surface area contributed by atoms with Gasteiger partial charge in [0.15, 0.2) is 5.13 Å². The first-order valence-electron chi connectivity index (χ1n) is 9.19. The number of anilines is 2. The maximum atomic E-state index is 12.6. The second-order valence-electron chi connectivity index (χ2n) is 6.28. The summed E-state index contributed by atoms with van der Waals surface area (Å²) in [5.41, 5.74) is 1.38. The van der Waals surface area contributed by atoms with Crippen molar-refractivity contribution in [1.29, 1.82) is 0 Å². The van der Waals surface area contributed by atoms with Gasteiger partial charge in [0.05, 0.1) is 25.0 Å². The van der Waals surface area contributed by atoms with Crippen molar-refractivity contribution in [1.82, 2.24) is 10.3 Å². The molecule has 0 unspecified atom stereocenters. The van der Waals surface area contributed by atoms with Gasteiger partial charge in [0.2, 0.25) is 5.91 Å². The van der Waals surface area contributed by atoms with E-state index in [0.717, 1.165) is 0 Å². The summed E-state index contributed by atoms with van der Waals surface area (Å²) in [4.78, 5) is 42.8. The average Bonchev–Trinajstić information content (AvgIpc) is 3.48. The van der Waals surface area contributed by atoms with E-state index in [1.54, 1.807) is 34.7 Å². The highest BCUT2D eigenvalue weighted by molar-refractivity contribution is 7.15. The molecule has 1 aliphatic heterocycles. The number of hydrogen-bond donors (Lipinski definition) is 2. The van der Waals surface area contributed by atoms with Crippen molar-refractivity contribution in [3.05, 3.63) is 40.4 Å². The molecule has 156 valence electrons. The van der Waals surface area contributed by atoms with Crippen molar-refractivity contribution < 1.29 is 23.5 Å². The first-order valence-corrected chi connectivity index (χ1v) is 10.9. The van der Waals surface area contributed by atoms with E-state index >= 15 is 0 Å². The largest absolute Gasteiger partial charge is 0.464 e. The summed E-state index contributed by atoms with van der Waals surface area (Å²) in [5, 5.41) is 9.92. The van der Waals surface area contributed by atoms with Crippen LogP contribution in [0.4, 0.5) is 14.9 Å². The Labute approximate surface area is 179 Å². The number of esters is 1. The molecule has 9 nitrogen and oxygen atoms in total.